The Morgan fingerprint density at radius 3 is 2.61 bits per heavy atom. The number of hydrogen-bond donors (Lipinski definition) is 1. The number of carbonyl (C=O) groups is 1. The molecule has 18 heavy (non-hydrogen) atoms. The first-order valence-electron chi connectivity index (χ1n) is 6.57. The first kappa shape index (κ1) is 18.1. The van der Waals surface area contributed by atoms with Crippen molar-refractivity contribution in [3.63, 3.8) is 0 Å². The smallest absolute Gasteiger partial charge is 0.232 e. The lowest BCUT2D eigenvalue weighted by Crippen LogP contribution is -2.45. The molecule has 0 bridgehead atoms. The molecule has 0 aromatic carbocycles. The number of nitrogens with two attached hydrogens (primary N) is 1. The van der Waals surface area contributed by atoms with E-state index in [1.54, 1.807) is 11.8 Å². The summed E-state index contributed by atoms with van der Waals surface area (Å²) in [6, 6.07) is 0.391. The Morgan fingerprint density at radius 2 is 2.06 bits per heavy atom. The van der Waals surface area contributed by atoms with E-state index in [1.807, 2.05) is 0 Å². The molecule has 0 aromatic rings. The number of carbonyl (C=O) groups excluding carboxylic acids is 1. The highest BCUT2D eigenvalue weighted by atomic mass is 35.5. The van der Waals surface area contributed by atoms with Crippen LogP contribution in [0.5, 0.6) is 0 Å². The molecule has 3 nitrogen and oxygen atoms in total. The Kier molecular flexibility index (Phi) is 8.31. The number of thioether (sulfide) groups is 1. The van der Waals surface area contributed by atoms with Crippen molar-refractivity contribution in [3.05, 3.63) is 0 Å². The number of hydrogen-bond acceptors (Lipinski definition) is 3. The van der Waals surface area contributed by atoms with E-state index in [0.717, 1.165) is 25.8 Å². The molecule has 1 aliphatic heterocycles. The summed E-state index contributed by atoms with van der Waals surface area (Å²) in [5.74, 6) is 0.896. The van der Waals surface area contributed by atoms with Crippen LogP contribution in [-0.4, -0.2) is 40.4 Å². The van der Waals surface area contributed by atoms with Crippen molar-refractivity contribution in [1.29, 1.82) is 0 Å². The monoisotopic (exact) mass is 294 g/mol. The zero-order valence-corrected chi connectivity index (χ0v) is 13.4. The molecular weight excluding hydrogens is 268 g/mol. The van der Waals surface area contributed by atoms with Crippen LogP contribution >= 0.6 is 24.2 Å². The number of amides is 1. The quantitative estimate of drug-likeness (QED) is 0.867. The minimum Gasteiger partial charge on any atom is -0.339 e. The largest absolute Gasteiger partial charge is 0.339 e. The van der Waals surface area contributed by atoms with Gasteiger partial charge in [-0.15, -0.1) is 24.2 Å². The Morgan fingerprint density at radius 1 is 1.39 bits per heavy atom. The molecule has 1 rings (SSSR count). The van der Waals surface area contributed by atoms with E-state index in [1.165, 1.54) is 6.42 Å². The van der Waals surface area contributed by atoms with Crippen molar-refractivity contribution in [2.75, 3.05) is 18.8 Å². The van der Waals surface area contributed by atoms with Gasteiger partial charge < -0.3 is 10.6 Å². The van der Waals surface area contributed by atoms with Crippen LogP contribution in [0.25, 0.3) is 0 Å². The molecule has 0 aromatic heterocycles. The maximum Gasteiger partial charge on any atom is 0.232 e. The maximum absolute atomic E-state index is 12.2. The van der Waals surface area contributed by atoms with Crippen molar-refractivity contribution < 1.29 is 4.79 Å². The maximum atomic E-state index is 12.2. The zero-order valence-electron chi connectivity index (χ0n) is 11.8. The fourth-order valence-electron chi connectivity index (χ4n) is 2.18. The number of piperidine rings is 1. The standard InChI is InChI=1S/C13H26N2OS.ClH/c1-13(2,3)17-10-12(16)15-9-5-4-6-11(15)7-8-14;/h11H,4-10,14H2,1-3H3;1H. The van der Waals surface area contributed by atoms with Crippen LogP contribution < -0.4 is 5.73 Å². The molecule has 1 fully saturated rings. The van der Waals surface area contributed by atoms with Gasteiger partial charge in [-0.2, -0.15) is 0 Å². The molecule has 1 aliphatic rings. The fraction of sp³-hybridized carbons (Fsp3) is 0.923. The molecule has 0 spiro atoms. The lowest BCUT2D eigenvalue weighted by molar-refractivity contribution is -0.132. The van der Waals surface area contributed by atoms with Gasteiger partial charge in [0.25, 0.3) is 0 Å². The highest BCUT2D eigenvalue weighted by Gasteiger charge is 2.26. The Hall–Kier alpha value is 0.0700. The molecule has 108 valence electrons. The lowest BCUT2D eigenvalue weighted by atomic mass is 9.99. The van der Waals surface area contributed by atoms with Crippen LogP contribution in [-0.2, 0) is 4.79 Å². The molecule has 0 aliphatic carbocycles. The summed E-state index contributed by atoms with van der Waals surface area (Å²) in [6.45, 7) is 8.06. The summed E-state index contributed by atoms with van der Waals surface area (Å²) in [4.78, 5) is 14.3. The average Bonchev–Trinajstić information content (AvgIpc) is 2.26. The third-order valence-electron chi connectivity index (χ3n) is 3.08. The summed E-state index contributed by atoms with van der Waals surface area (Å²) >= 11 is 1.73. The highest BCUT2D eigenvalue weighted by molar-refractivity contribution is 8.01. The van der Waals surface area contributed by atoms with Crippen LogP contribution in [0.4, 0.5) is 0 Å². The summed E-state index contributed by atoms with van der Waals surface area (Å²) in [7, 11) is 0. The van der Waals surface area contributed by atoms with Crippen LogP contribution in [0.15, 0.2) is 0 Å². The lowest BCUT2D eigenvalue weighted by Gasteiger charge is -2.36. The topological polar surface area (TPSA) is 46.3 Å². The SMILES string of the molecule is CC(C)(C)SCC(=O)N1CCCCC1CCN.Cl. The van der Waals surface area contributed by atoms with E-state index in [0.29, 0.717) is 24.2 Å². The third-order valence-corrected chi connectivity index (χ3v) is 4.33. The van der Waals surface area contributed by atoms with Gasteiger partial charge in [0, 0.05) is 17.3 Å². The molecular formula is C13H27ClN2OS. The van der Waals surface area contributed by atoms with Gasteiger partial charge in [0.1, 0.15) is 0 Å². The third kappa shape index (κ3) is 6.30. The van der Waals surface area contributed by atoms with Crippen molar-refractivity contribution in [2.24, 2.45) is 5.73 Å². The Labute approximate surface area is 122 Å². The molecule has 1 amide bonds. The molecule has 1 atom stereocenters. The number of rotatable bonds is 4. The second-order valence-corrected chi connectivity index (χ2v) is 7.52. The van der Waals surface area contributed by atoms with E-state index < -0.39 is 0 Å². The minimum atomic E-state index is 0. The highest BCUT2D eigenvalue weighted by Crippen LogP contribution is 2.25. The molecule has 1 saturated heterocycles. The van der Waals surface area contributed by atoms with E-state index in [4.69, 9.17) is 5.73 Å². The normalized spacial score (nSPS) is 20.4. The van der Waals surface area contributed by atoms with E-state index in [-0.39, 0.29) is 17.2 Å². The zero-order chi connectivity index (χ0) is 12.9. The molecule has 0 saturated carbocycles. The minimum absolute atomic E-state index is 0. The van der Waals surface area contributed by atoms with E-state index in [2.05, 4.69) is 25.7 Å². The molecule has 1 unspecified atom stereocenters. The first-order chi connectivity index (χ1) is 7.94. The van der Waals surface area contributed by atoms with E-state index >= 15 is 0 Å². The molecule has 1 heterocycles. The second-order valence-electron chi connectivity index (χ2n) is 5.72. The van der Waals surface area contributed by atoms with Gasteiger partial charge in [-0.1, -0.05) is 20.8 Å². The van der Waals surface area contributed by atoms with Gasteiger partial charge in [0.05, 0.1) is 5.75 Å². The van der Waals surface area contributed by atoms with Crippen LogP contribution in [0.1, 0.15) is 46.5 Å². The van der Waals surface area contributed by atoms with Gasteiger partial charge >= 0.3 is 0 Å². The summed E-state index contributed by atoms with van der Waals surface area (Å²) < 4.78 is 0.162. The Bertz CT molecular complexity index is 254. The molecule has 5 heteroatoms. The van der Waals surface area contributed by atoms with Crippen LogP contribution in [0, 0.1) is 0 Å². The van der Waals surface area contributed by atoms with Gasteiger partial charge in [-0.3, -0.25) is 4.79 Å². The van der Waals surface area contributed by atoms with Crippen molar-refractivity contribution >= 4 is 30.1 Å². The van der Waals surface area contributed by atoms with Gasteiger partial charge in [-0.05, 0) is 32.2 Å². The predicted molar refractivity (Wildman–Crippen MR) is 82.5 cm³/mol. The fourth-order valence-corrected chi connectivity index (χ4v) is 2.90. The second kappa shape index (κ2) is 8.28. The van der Waals surface area contributed by atoms with Gasteiger partial charge in [0.2, 0.25) is 5.91 Å². The summed E-state index contributed by atoms with van der Waals surface area (Å²) in [6.07, 6.45) is 4.46. The number of likely N-dealkylation sites (tertiary alicyclic amines) is 1. The van der Waals surface area contributed by atoms with Crippen molar-refractivity contribution in [3.8, 4) is 0 Å². The van der Waals surface area contributed by atoms with Crippen LogP contribution in [0.2, 0.25) is 0 Å². The van der Waals surface area contributed by atoms with Crippen molar-refractivity contribution in [1.82, 2.24) is 4.90 Å². The van der Waals surface area contributed by atoms with Gasteiger partial charge in [0.15, 0.2) is 0 Å². The average molecular weight is 295 g/mol. The van der Waals surface area contributed by atoms with Crippen LogP contribution in [0.3, 0.4) is 0 Å². The number of halogens is 1. The molecule has 2 N–H and O–H groups in total. The van der Waals surface area contributed by atoms with E-state index in [9.17, 15) is 4.79 Å². The predicted octanol–water partition coefficient (Wildman–Crippen LogP) is 2.67. The van der Waals surface area contributed by atoms with Crippen molar-refractivity contribution in [2.45, 2.75) is 57.2 Å². The first-order valence-corrected chi connectivity index (χ1v) is 7.56. The van der Waals surface area contributed by atoms with Gasteiger partial charge in [-0.25, -0.2) is 0 Å². The Balaban J connectivity index is 0.00000289. The molecule has 0 radical (unpaired) electrons. The summed E-state index contributed by atoms with van der Waals surface area (Å²) in [5, 5.41) is 0. The number of nitrogens with zero attached hydrogens (tertiary/aromatic N) is 1. The summed E-state index contributed by atoms with van der Waals surface area (Å²) in [5.41, 5.74) is 5.62.